The quantitative estimate of drug-likeness (QED) is 0.643. The monoisotopic (exact) mass is 193 g/mol. The minimum absolute atomic E-state index is 0.933. The standard InChI is InChI=1S/C7H7N3.2C2H6/c1-6-3-2-4-10-7(6)8-5-9-10;2*1-2/h2-5H,1H3;2*1-2H3. The van der Waals surface area contributed by atoms with Crippen molar-refractivity contribution in [3.63, 3.8) is 0 Å². The minimum Gasteiger partial charge on any atom is -0.221 e. The first-order chi connectivity index (χ1) is 6.88. The van der Waals surface area contributed by atoms with Crippen molar-refractivity contribution in [1.82, 2.24) is 14.6 Å². The molecule has 0 unspecified atom stereocenters. The van der Waals surface area contributed by atoms with Crippen molar-refractivity contribution < 1.29 is 0 Å². The zero-order valence-corrected chi connectivity index (χ0v) is 9.65. The molecule has 0 aliphatic heterocycles. The van der Waals surface area contributed by atoms with Crippen molar-refractivity contribution >= 4 is 5.65 Å². The SMILES string of the molecule is CC.CC.Cc1cccn2ncnc12. The van der Waals surface area contributed by atoms with Gasteiger partial charge >= 0.3 is 0 Å². The molecule has 0 saturated carbocycles. The predicted molar refractivity (Wildman–Crippen MR) is 60.4 cm³/mol. The van der Waals surface area contributed by atoms with Gasteiger partial charge in [0, 0.05) is 6.20 Å². The number of hydrogen-bond donors (Lipinski definition) is 0. The van der Waals surface area contributed by atoms with Crippen molar-refractivity contribution in [2.45, 2.75) is 34.6 Å². The van der Waals surface area contributed by atoms with E-state index in [0.717, 1.165) is 11.2 Å². The van der Waals surface area contributed by atoms with E-state index in [2.05, 4.69) is 10.1 Å². The molecule has 0 radical (unpaired) electrons. The average Bonchev–Trinajstić information content (AvgIpc) is 2.73. The van der Waals surface area contributed by atoms with E-state index in [4.69, 9.17) is 0 Å². The second-order valence-corrected chi connectivity index (χ2v) is 2.22. The van der Waals surface area contributed by atoms with Gasteiger partial charge < -0.3 is 0 Å². The fourth-order valence-electron chi connectivity index (χ4n) is 0.985. The van der Waals surface area contributed by atoms with Crippen LogP contribution in [0.3, 0.4) is 0 Å². The van der Waals surface area contributed by atoms with E-state index < -0.39 is 0 Å². The molecule has 78 valence electrons. The lowest BCUT2D eigenvalue weighted by atomic mass is 10.3. The topological polar surface area (TPSA) is 30.2 Å². The molecule has 0 atom stereocenters. The zero-order valence-electron chi connectivity index (χ0n) is 9.65. The number of fused-ring (bicyclic) bond motifs is 1. The molecule has 3 nitrogen and oxygen atoms in total. The largest absolute Gasteiger partial charge is 0.221 e. The van der Waals surface area contributed by atoms with E-state index >= 15 is 0 Å². The predicted octanol–water partition coefficient (Wildman–Crippen LogP) is 3.09. The van der Waals surface area contributed by atoms with Crippen LogP contribution in [0.25, 0.3) is 5.65 Å². The van der Waals surface area contributed by atoms with E-state index in [-0.39, 0.29) is 0 Å². The summed E-state index contributed by atoms with van der Waals surface area (Å²) in [6.07, 6.45) is 3.44. The van der Waals surface area contributed by atoms with E-state index in [1.54, 1.807) is 10.8 Å². The third-order valence-electron chi connectivity index (χ3n) is 1.50. The Labute approximate surface area is 85.8 Å². The van der Waals surface area contributed by atoms with Crippen molar-refractivity contribution in [2.75, 3.05) is 0 Å². The molecule has 2 rings (SSSR count). The Morgan fingerprint density at radius 2 is 1.79 bits per heavy atom. The fraction of sp³-hybridized carbons (Fsp3) is 0.455. The van der Waals surface area contributed by atoms with Gasteiger partial charge in [0.25, 0.3) is 0 Å². The molecule has 0 bridgehead atoms. The first-order valence-electron chi connectivity index (χ1n) is 5.13. The van der Waals surface area contributed by atoms with Crippen LogP contribution in [0.5, 0.6) is 0 Å². The maximum atomic E-state index is 4.07. The Morgan fingerprint density at radius 3 is 2.36 bits per heavy atom. The van der Waals surface area contributed by atoms with Crippen LogP contribution in [0.1, 0.15) is 33.3 Å². The van der Waals surface area contributed by atoms with Crippen LogP contribution < -0.4 is 0 Å². The smallest absolute Gasteiger partial charge is 0.158 e. The minimum atomic E-state index is 0.933. The average molecular weight is 193 g/mol. The van der Waals surface area contributed by atoms with Crippen LogP contribution in [0.4, 0.5) is 0 Å². The fourth-order valence-corrected chi connectivity index (χ4v) is 0.985. The highest BCUT2D eigenvalue weighted by atomic mass is 15.3. The molecule has 14 heavy (non-hydrogen) atoms. The van der Waals surface area contributed by atoms with Gasteiger partial charge in [-0.2, -0.15) is 5.10 Å². The maximum absolute atomic E-state index is 4.07. The summed E-state index contributed by atoms with van der Waals surface area (Å²) in [5.41, 5.74) is 2.09. The highest BCUT2D eigenvalue weighted by Gasteiger charge is 1.94. The van der Waals surface area contributed by atoms with Crippen LogP contribution in [0.15, 0.2) is 24.7 Å². The van der Waals surface area contributed by atoms with Gasteiger partial charge in [0.15, 0.2) is 5.65 Å². The van der Waals surface area contributed by atoms with Gasteiger partial charge in [0.2, 0.25) is 0 Å². The summed E-state index contributed by atoms with van der Waals surface area (Å²) >= 11 is 0. The number of aromatic nitrogens is 3. The Morgan fingerprint density at radius 1 is 1.14 bits per heavy atom. The molecular formula is C11H19N3. The molecule has 3 heteroatoms. The van der Waals surface area contributed by atoms with Crippen molar-refractivity contribution in [3.05, 3.63) is 30.2 Å². The third kappa shape index (κ3) is 2.83. The van der Waals surface area contributed by atoms with E-state index in [1.165, 1.54) is 0 Å². The summed E-state index contributed by atoms with van der Waals surface area (Å²) in [6.45, 7) is 10.0. The Kier molecular flexibility index (Phi) is 6.37. The van der Waals surface area contributed by atoms with Crippen molar-refractivity contribution in [2.24, 2.45) is 0 Å². The molecule has 0 saturated heterocycles. The van der Waals surface area contributed by atoms with Crippen LogP contribution >= 0.6 is 0 Å². The summed E-state index contributed by atoms with van der Waals surface area (Å²) in [6, 6.07) is 3.97. The molecule has 2 heterocycles. The molecule has 2 aromatic heterocycles. The first-order valence-corrected chi connectivity index (χ1v) is 5.13. The summed E-state index contributed by atoms with van der Waals surface area (Å²) < 4.78 is 1.76. The maximum Gasteiger partial charge on any atom is 0.158 e. The third-order valence-corrected chi connectivity index (χ3v) is 1.50. The number of nitrogens with zero attached hydrogens (tertiary/aromatic N) is 3. The molecule has 0 amide bonds. The van der Waals surface area contributed by atoms with Crippen LogP contribution in [0.2, 0.25) is 0 Å². The number of hydrogen-bond acceptors (Lipinski definition) is 2. The second-order valence-electron chi connectivity index (χ2n) is 2.22. The molecule has 0 aliphatic carbocycles. The highest BCUT2D eigenvalue weighted by molar-refractivity contribution is 5.44. The normalized spacial score (nSPS) is 8.36. The van der Waals surface area contributed by atoms with E-state index in [1.807, 2.05) is 52.9 Å². The summed E-state index contributed by atoms with van der Waals surface area (Å²) in [5, 5.41) is 3.99. The van der Waals surface area contributed by atoms with Crippen LogP contribution in [-0.2, 0) is 0 Å². The van der Waals surface area contributed by atoms with Gasteiger partial charge in [0.05, 0.1) is 0 Å². The second kappa shape index (κ2) is 7.06. The first kappa shape index (κ1) is 12.6. The van der Waals surface area contributed by atoms with E-state index in [0.29, 0.717) is 0 Å². The van der Waals surface area contributed by atoms with Gasteiger partial charge in [-0.15, -0.1) is 0 Å². The number of aryl methyl sites for hydroxylation is 1. The molecule has 0 spiro atoms. The molecule has 0 aliphatic rings. The number of pyridine rings is 1. The summed E-state index contributed by atoms with van der Waals surface area (Å²) in [4.78, 5) is 4.07. The lowest BCUT2D eigenvalue weighted by Crippen LogP contribution is -1.87. The molecular weight excluding hydrogens is 174 g/mol. The van der Waals surface area contributed by atoms with Gasteiger partial charge in [-0.05, 0) is 18.6 Å². The number of rotatable bonds is 0. The van der Waals surface area contributed by atoms with Gasteiger partial charge in [-0.3, -0.25) is 0 Å². The Hall–Kier alpha value is -1.38. The molecule has 0 aromatic carbocycles. The van der Waals surface area contributed by atoms with Crippen molar-refractivity contribution in [3.8, 4) is 0 Å². The molecule has 0 fully saturated rings. The van der Waals surface area contributed by atoms with Crippen LogP contribution in [0, 0.1) is 6.92 Å². The molecule has 0 N–H and O–H groups in total. The summed E-state index contributed by atoms with van der Waals surface area (Å²) in [5.74, 6) is 0. The van der Waals surface area contributed by atoms with Gasteiger partial charge in [0.1, 0.15) is 6.33 Å². The summed E-state index contributed by atoms with van der Waals surface area (Å²) in [7, 11) is 0. The Bertz CT molecular complexity index is 352. The van der Waals surface area contributed by atoms with Gasteiger partial charge in [-0.25, -0.2) is 9.50 Å². The Balaban J connectivity index is 0.000000379. The zero-order chi connectivity index (χ0) is 11.0. The van der Waals surface area contributed by atoms with E-state index in [9.17, 15) is 0 Å². The molecule has 2 aromatic rings. The van der Waals surface area contributed by atoms with Crippen molar-refractivity contribution in [1.29, 1.82) is 0 Å². The van der Waals surface area contributed by atoms with Crippen LogP contribution in [-0.4, -0.2) is 14.6 Å². The lowest BCUT2D eigenvalue weighted by molar-refractivity contribution is 0.956. The lowest BCUT2D eigenvalue weighted by Gasteiger charge is -1.92. The van der Waals surface area contributed by atoms with Gasteiger partial charge in [-0.1, -0.05) is 33.8 Å². The highest BCUT2D eigenvalue weighted by Crippen LogP contribution is 2.03.